The zero-order chi connectivity index (χ0) is 23.3. The SMILES string of the molecule is N=C1/C(=C/c2cn(Cc3ccc(F)cc3)c3ccccc23)C(=O)N=C2SC(C(F)(F)F)=NN12. The Hall–Kier alpha value is -3.73. The van der Waals surface area contributed by atoms with Crippen LogP contribution in [0.4, 0.5) is 17.6 Å². The van der Waals surface area contributed by atoms with Crippen LogP contribution in [-0.2, 0) is 11.3 Å². The third kappa shape index (κ3) is 3.84. The summed E-state index contributed by atoms with van der Waals surface area (Å²) in [5.74, 6) is -1.63. The molecule has 2 aromatic carbocycles. The van der Waals surface area contributed by atoms with Crippen LogP contribution in [0.15, 0.2) is 70.4 Å². The predicted octanol–water partition coefficient (Wildman–Crippen LogP) is 5.01. The molecule has 0 saturated heterocycles. The monoisotopic (exact) mass is 471 g/mol. The molecule has 0 saturated carbocycles. The highest BCUT2D eigenvalue weighted by atomic mass is 32.2. The zero-order valence-corrected chi connectivity index (χ0v) is 17.4. The number of alkyl halides is 3. The smallest absolute Gasteiger partial charge is 0.342 e. The van der Waals surface area contributed by atoms with Gasteiger partial charge in [-0.3, -0.25) is 10.2 Å². The van der Waals surface area contributed by atoms with E-state index < -0.39 is 23.0 Å². The van der Waals surface area contributed by atoms with Crippen LogP contribution in [0.3, 0.4) is 0 Å². The first kappa shape index (κ1) is 21.1. The highest BCUT2D eigenvalue weighted by Gasteiger charge is 2.46. The number of amidine groups is 2. The molecule has 166 valence electrons. The molecule has 0 spiro atoms. The van der Waals surface area contributed by atoms with Gasteiger partial charge in [0.1, 0.15) is 5.82 Å². The summed E-state index contributed by atoms with van der Waals surface area (Å²) in [6.45, 7) is 0.430. The molecule has 0 bridgehead atoms. The number of fused-ring (bicyclic) bond motifs is 2. The van der Waals surface area contributed by atoms with Crippen molar-refractivity contribution in [1.82, 2.24) is 9.58 Å². The first-order valence-electron chi connectivity index (χ1n) is 9.60. The maximum atomic E-state index is 13.2. The number of carbonyl (C=O) groups excluding carboxylic acids is 1. The van der Waals surface area contributed by atoms with E-state index in [1.165, 1.54) is 18.2 Å². The molecule has 0 fully saturated rings. The van der Waals surface area contributed by atoms with Crippen molar-refractivity contribution in [3.05, 3.63) is 77.2 Å². The topological polar surface area (TPSA) is 73.8 Å². The largest absolute Gasteiger partial charge is 0.441 e. The number of aromatic nitrogens is 1. The average molecular weight is 471 g/mol. The molecule has 0 aliphatic carbocycles. The molecule has 0 atom stereocenters. The van der Waals surface area contributed by atoms with E-state index in [2.05, 4.69) is 10.1 Å². The van der Waals surface area contributed by atoms with Gasteiger partial charge in [0.25, 0.3) is 5.91 Å². The summed E-state index contributed by atoms with van der Waals surface area (Å²) in [5, 5.41) is 11.7. The van der Waals surface area contributed by atoms with Crippen molar-refractivity contribution >= 4 is 50.7 Å². The molecule has 3 aromatic rings. The molecule has 3 heterocycles. The van der Waals surface area contributed by atoms with Crippen LogP contribution in [0, 0.1) is 11.2 Å². The van der Waals surface area contributed by atoms with E-state index in [1.54, 1.807) is 18.3 Å². The second kappa shape index (κ2) is 7.69. The molecule has 5 rings (SSSR count). The van der Waals surface area contributed by atoms with Crippen LogP contribution >= 0.6 is 11.8 Å². The quantitative estimate of drug-likeness (QED) is 0.431. The summed E-state index contributed by atoms with van der Waals surface area (Å²) < 4.78 is 54.2. The molecule has 2 aliphatic rings. The minimum absolute atomic E-state index is 0.170. The van der Waals surface area contributed by atoms with Gasteiger partial charge < -0.3 is 4.57 Å². The van der Waals surface area contributed by atoms with Gasteiger partial charge in [-0.05, 0) is 41.6 Å². The Bertz CT molecular complexity index is 1400. The summed E-state index contributed by atoms with van der Waals surface area (Å²) in [4.78, 5) is 16.3. The first-order valence-corrected chi connectivity index (χ1v) is 10.4. The highest BCUT2D eigenvalue weighted by molar-refractivity contribution is 8.27. The van der Waals surface area contributed by atoms with Crippen molar-refractivity contribution in [1.29, 1.82) is 5.41 Å². The molecular weight excluding hydrogens is 458 g/mol. The fourth-order valence-corrected chi connectivity index (χ4v) is 4.33. The second-order valence-electron chi connectivity index (χ2n) is 7.28. The standard InChI is InChI=1S/C22H13F4N5OS/c23-14-7-5-12(6-8-14)10-30-11-13(15-3-1-2-4-17(15)30)9-16-18(27)31-21(28-19(16)32)33-20(29-31)22(24,25)26/h1-9,11,27H,10H2/b16-9-,27-18?. The summed E-state index contributed by atoms with van der Waals surface area (Å²) in [7, 11) is 0. The Morgan fingerprint density at radius 2 is 1.82 bits per heavy atom. The second-order valence-corrected chi connectivity index (χ2v) is 8.23. The molecule has 2 aliphatic heterocycles. The fourth-order valence-electron chi connectivity index (χ4n) is 3.57. The van der Waals surface area contributed by atoms with Crippen molar-refractivity contribution in [2.45, 2.75) is 12.7 Å². The van der Waals surface area contributed by atoms with E-state index in [0.717, 1.165) is 21.5 Å². The number of hydrogen-bond acceptors (Lipinski definition) is 4. The van der Waals surface area contributed by atoms with Gasteiger partial charge in [-0.25, -0.2) is 4.39 Å². The number of benzene rings is 2. The molecule has 11 heteroatoms. The van der Waals surface area contributed by atoms with Crippen LogP contribution in [0.1, 0.15) is 11.1 Å². The number of para-hydroxylation sites is 1. The fraction of sp³-hybridized carbons (Fsp3) is 0.0909. The lowest BCUT2D eigenvalue weighted by molar-refractivity contribution is -0.114. The number of hydrazone groups is 1. The van der Waals surface area contributed by atoms with Crippen molar-refractivity contribution in [3.8, 4) is 0 Å². The molecule has 0 unspecified atom stereocenters. The zero-order valence-electron chi connectivity index (χ0n) is 16.6. The Balaban J connectivity index is 1.54. The summed E-state index contributed by atoms with van der Waals surface area (Å²) in [6.07, 6.45) is -1.50. The van der Waals surface area contributed by atoms with Gasteiger partial charge in [0.2, 0.25) is 10.2 Å². The van der Waals surface area contributed by atoms with Crippen LogP contribution in [-0.4, -0.2) is 37.7 Å². The third-order valence-corrected chi connectivity index (χ3v) is 6.04. The first-order chi connectivity index (χ1) is 15.7. The van der Waals surface area contributed by atoms with Crippen molar-refractivity contribution in [2.75, 3.05) is 0 Å². The average Bonchev–Trinajstić information content (AvgIpc) is 3.35. The molecule has 1 amide bonds. The maximum absolute atomic E-state index is 13.2. The lowest BCUT2D eigenvalue weighted by atomic mass is 10.1. The lowest BCUT2D eigenvalue weighted by Gasteiger charge is -2.20. The number of rotatable bonds is 3. The van der Waals surface area contributed by atoms with Crippen LogP contribution in [0.25, 0.3) is 17.0 Å². The summed E-state index contributed by atoms with van der Waals surface area (Å²) in [6, 6.07) is 13.4. The predicted molar refractivity (Wildman–Crippen MR) is 119 cm³/mol. The van der Waals surface area contributed by atoms with E-state index in [9.17, 15) is 22.4 Å². The number of halogens is 4. The van der Waals surface area contributed by atoms with Crippen molar-refractivity contribution < 1.29 is 22.4 Å². The normalized spacial score (nSPS) is 17.6. The molecule has 1 N–H and O–H groups in total. The van der Waals surface area contributed by atoms with E-state index in [0.29, 0.717) is 12.1 Å². The van der Waals surface area contributed by atoms with E-state index in [4.69, 9.17) is 5.41 Å². The van der Waals surface area contributed by atoms with Gasteiger partial charge in [0.15, 0.2) is 5.84 Å². The maximum Gasteiger partial charge on any atom is 0.441 e. The van der Waals surface area contributed by atoms with Crippen LogP contribution < -0.4 is 0 Å². The number of amides is 1. The van der Waals surface area contributed by atoms with Gasteiger partial charge in [-0.2, -0.15) is 28.3 Å². The summed E-state index contributed by atoms with van der Waals surface area (Å²) in [5.41, 5.74) is 2.11. The lowest BCUT2D eigenvalue weighted by Crippen LogP contribution is -2.35. The van der Waals surface area contributed by atoms with E-state index in [1.807, 2.05) is 28.8 Å². The number of carbonyl (C=O) groups is 1. The van der Waals surface area contributed by atoms with Gasteiger partial charge >= 0.3 is 6.18 Å². The van der Waals surface area contributed by atoms with Crippen LogP contribution in [0.5, 0.6) is 0 Å². The number of hydrogen-bond donors (Lipinski definition) is 1. The van der Waals surface area contributed by atoms with Gasteiger partial charge in [-0.1, -0.05) is 30.3 Å². The van der Waals surface area contributed by atoms with E-state index in [-0.39, 0.29) is 28.3 Å². The van der Waals surface area contributed by atoms with Crippen molar-refractivity contribution in [2.24, 2.45) is 10.1 Å². The van der Waals surface area contributed by atoms with Gasteiger partial charge in [-0.15, -0.1) is 0 Å². The number of aliphatic imine (C=N–C) groups is 1. The molecule has 33 heavy (non-hydrogen) atoms. The molecule has 1 aromatic heterocycles. The van der Waals surface area contributed by atoms with Crippen molar-refractivity contribution in [3.63, 3.8) is 0 Å². The summed E-state index contributed by atoms with van der Waals surface area (Å²) >= 11 is 0.207. The minimum Gasteiger partial charge on any atom is -0.342 e. The van der Waals surface area contributed by atoms with Gasteiger partial charge in [0, 0.05) is 29.2 Å². The Labute approximate surface area is 188 Å². The van der Waals surface area contributed by atoms with Crippen LogP contribution in [0.2, 0.25) is 0 Å². The number of thioether (sulfide) groups is 1. The molecule has 6 nitrogen and oxygen atoms in total. The third-order valence-electron chi connectivity index (χ3n) is 5.08. The Kier molecular flexibility index (Phi) is 4.93. The Morgan fingerprint density at radius 3 is 2.55 bits per heavy atom. The molecular formula is C22H13F4N5OS. The Morgan fingerprint density at radius 1 is 1.09 bits per heavy atom. The van der Waals surface area contributed by atoms with Gasteiger partial charge in [0.05, 0.1) is 5.57 Å². The number of nitrogens with zero attached hydrogens (tertiary/aromatic N) is 4. The minimum atomic E-state index is -4.70. The highest BCUT2D eigenvalue weighted by Crippen LogP contribution is 2.35. The molecule has 0 radical (unpaired) electrons. The number of nitrogens with one attached hydrogen (secondary N) is 1. The van der Waals surface area contributed by atoms with E-state index >= 15 is 0 Å².